The van der Waals surface area contributed by atoms with Crippen molar-refractivity contribution in [2.24, 2.45) is 0 Å². The molecule has 2 fully saturated rings. The summed E-state index contributed by atoms with van der Waals surface area (Å²) in [6, 6.07) is 10.4. The lowest BCUT2D eigenvalue weighted by Crippen LogP contribution is -2.19. The summed E-state index contributed by atoms with van der Waals surface area (Å²) in [6.07, 6.45) is 3.71. The van der Waals surface area contributed by atoms with Gasteiger partial charge in [0.15, 0.2) is 0 Å². The van der Waals surface area contributed by atoms with Gasteiger partial charge in [-0.05, 0) is 49.4 Å². The molecule has 2 aliphatic rings. The van der Waals surface area contributed by atoms with Crippen LogP contribution in [0.4, 0.5) is 0 Å². The van der Waals surface area contributed by atoms with Crippen LogP contribution in [0, 0.1) is 0 Å². The Balaban J connectivity index is 1.39. The molecule has 0 unspecified atom stereocenters. The van der Waals surface area contributed by atoms with Crippen LogP contribution in [0.5, 0.6) is 0 Å². The fourth-order valence-electron chi connectivity index (χ4n) is 3.20. The maximum absolute atomic E-state index is 6.09. The van der Waals surface area contributed by atoms with Gasteiger partial charge in [0.2, 0.25) is 0 Å². The molecule has 4 rings (SSSR count). The van der Waals surface area contributed by atoms with Gasteiger partial charge in [-0.25, -0.2) is 0 Å². The van der Waals surface area contributed by atoms with Gasteiger partial charge in [0.25, 0.3) is 0 Å². The molecule has 1 aromatic carbocycles. The zero-order valence-corrected chi connectivity index (χ0v) is 12.7. The highest BCUT2D eigenvalue weighted by molar-refractivity contribution is 6.30. The average Bonchev–Trinajstić information content (AvgIpc) is 3.05. The molecule has 0 N–H and O–H groups in total. The normalized spacial score (nSPS) is 22.8. The summed E-state index contributed by atoms with van der Waals surface area (Å²) in [4.78, 5) is 2.46. The molecule has 1 saturated heterocycles. The molecule has 2 aromatic rings. The van der Waals surface area contributed by atoms with Gasteiger partial charge in [-0.1, -0.05) is 28.9 Å². The van der Waals surface area contributed by atoms with Crippen LogP contribution in [-0.2, 0) is 6.54 Å². The van der Waals surface area contributed by atoms with Gasteiger partial charge >= 0.3 is 0 Å². The van der Waals surface area contributed by atoms with Crippen LogP contribution < -0.4 is 0 Å². The number of likely N-dealkylation sites (tertiary alicyclic amines) is 1. The summed E-state index contributed by atoms with van der Waals surface area (Å²) in [5.41, 5.74) is 2.42. The predicted octanol–water partition coefficient (Wildman–Crippen LogP) is 4.19. The summed E-state index contributed by atoms with van der Waals surface area (Å²) >= 11 is 6.09. The smallest absolute Gasteiger partial charge is 0.140 e. The molecule has 0 radical (unpaired) electrons. The summed E-state index contributed by atoms with van der Waals surface area (Å²) in [5.74, 6) is 2.30. The summed E-state index contributed by atoms with van der Waals surface area (Å²) in [6.45, 7) is 3.09. The highest BCUT2D eigenvalue weighted by Gasteiger charge is 2.29. The van der Waals surface area contributed by atoms with Gasteiger partial charge in [0.05, 0.1) is 5.69 Å². The van der Waals surface area contributed by atoms with Crippen LogP contribution >= 0.6 is 11.6 Å². The zero-order chi connectivity index (χ0) is 14.2. The molecule has 21 heavy (non-hydrogen) atoms. The van der Waals surface area contributed by atoms with Crippen molar-refractivity contribution in [3.05, 3.63) is 52.4 Å². The molecular weight excluding hydrogens is 284 g/mol. The maximum Gasteiger partial charge on any atom is 0.140 e. The van der Waals surface area contributed by atoms with E-state index in [1.54, 1.807) is 0 Å². The van der Waals surface area contributed by atoms with E-state index in [1.165, 1.54) is 24.8 Å². The van der Waals surface area contributed by atoms with Crippen molar-refractivity contribution in [2.75, 3.05) is 13.1 Å². The Morgan fingerprint density at radius 1 is 1.19 bits per heavy atom. The first kappa shape index (κ1) is 13.4. The van der Waals surface area contributed by atoms with E-state index in [-0.39, 0.29) is 0 Å². The van der Waals surface area contributed by atoms with Gasteiger partial charge in [0.1, 0.15) is 5.76 Å². The largest absolute Gasteiger partial charge is 0.361 e. The van der Waals surface area contributed by atoms with E-state index >= 15 is 0 Å². The lowest BCUT2D eigenvalue weighted by molar-refractivity contribution is 0.307. The van der Waals surface area contributed by atoms with Gasteiger partial charge in [-0.15, -0.1) is 0 Å². The Labute approximate surface area is 129 Å². The van der Waals surface area contributed by atoms with Crippen LogP contribution in [0.25, 0.3) is 0 Å². The zero-order valence-electron chi connectivity index (χ0n) is 12.0. The number of halogens is 1. The van der Waals surface area contributed by atoms with Crippen molar-refractivity contribution in [1.82, 2.24) is 10.1 Å². The lowest BCUT2D eigenvalue weighted by Gasteiger charge is -2.14. The number of hydrogen-bond acceptors (Lipinski definition) is 3. The molecule has 0 bridgehead atoms. The molecule has 0 amide bonds. The SMILES string of the molecule is Clc1cccc([C@H]2CCN(Cc3cc(C4CC4)on3)C2)c1. The minimum atomic E-state index is 0.582. The first-order chi connectivity index (χ1) is 10.3. The van der Waals surface area contributed by atoms with Crippen molar-refractivity contribution in [1.29, 1.82) is 0 Å². The minimum Gasteiger partial charge on any atom is -0.361 e. The molecule has 0 spiro atoms. The first-order valence-electron chi connectivity index (χ1n) is 7.71. The third-order valence-corrected chi connectivity index (χ3v) is 4.77. The fourth-order valence-corrected chi connectivity index (χ4v) is 3.40. The van der Waals surface area contributed by atoms with Gasteiger partial charge in [-0.3, -0.25) is 4.90 Å². The van der Waals surface area contributed by atoms with E-state index in [9.17, 15) is 0 Å². The lowest BCUT2D eigenvalue weighted by atomic mass is 9.99. The van der Waals surface area contributed by atoms with E-state index in [0.717, 1.165) is 36.1 Å². The van der Waals surface area contributed by atoms with E-state index in [4.69, 9.17) is 16.1 Å². The van der Waals surface area contributed by atoms with Crippen molar-refractivity contribution >= 4 is 11.6 Å². The molecule has 1 saturated carbocycles. The van der Waals surface area contributed by atoms with Crippen LogP contribution in [0.15, 0.2) is 34.9 Å². The van der Waals surface area contributed by atoms with Crippen molar-refractivity contribution in [3.8, 4) is 0 Å². The molecule has 1 aliphatic carbocycles. The number of rotatable bonds is 4. The van der Waals surface area contributed by atoms with E-state index < -0.39 is 0 Å². The van der Waals surface area contributed by atoms with E-state index in [2.05, 4.69) is 28.3 Å². The highest BCUT2D eigenvalue weighted by atomic mass is 35.5. The molecule has 2 heterocycles. The quantitative estimate of drug-likeness (QED) is 0.848. The number of aromatic nitrogens is 1. The second-order valence-electron chi connectivity index (χ2n) is 6.27. The molecule has 4 heteroatoms. The van der Waals surface area contributed by atoms with Crippen LogP contribution in [0.3, 0.4) is 0 Å². The monoisotopic (exact) mass is 302 g/mol. The van der Waals surface area contributed by atoms with Crippen molar-refractivity contribution < 1.29 is 4.52 Å². The predicted molar refractivity (Wildman–Crippen MR) is 82.6 cm³/mol. The standard InChI is InChI=1S/C17H19ClN2O/c18-15-3-1-2-13(8-15)14-6-7-20(10-14)11-16-9-17(21-19-16)12-4-5-12/h1-3,8-9,12,14H,4-7,10-11H2/t14-/m0/s1. The molecular formula is C17H19ClN2O. The first-order valence-corrected chi connectivity index (χ1v) is 8.09. The molecule has 1 aromatic heterocycles. The van der Waals surface area contributed by atoms with Gasteiger partial charge < -0.3 is 4.52 Å². The van der Waals surface area contributed by atoms with Crippen LogP contribution in [0.1, 0.15) is 48.1 Å². The van der Waals surface area contributed by atoms with Gasteiger partial charge in [-0.2, -0.15) is 0 Å². The maximum atomic E-state index is 6.09. The van der Waals surface area contributed by atoms with Crippen molar-refractivity contribution in [3.63, 3.8) is 0 Å². The van der Waals surface area contributed by atoms with Crippen LogP contribution in [0.2, 0.25) is 5.02 Å². The Hall–Kier alpha value is -1.32. The second-order valence-corrected chi connectivity index (χ2v) is 6.71. The van der Waals surface area contributed by atoms with E-state index in [1.807, 2.05) is 12.1 Å². The molecule has 3 nitrogen and oxygen atoms in total. The number of hydrogen-bond donors (Lipinski definition) is 0. The minimum absolute atomic E-state index is 0.582. The van der Waals surface area contributed by atoms with Crippen LogP contribution in [-0.4, -0.2) is 23.1 Å². The Morgan fingerprint density at radius 3 is 2.90 bits per heavy atom. The average molecular weight is 303 g/mol. The Bertz CT molecular complexity index is 635. The van der Waals surface area contributed by atoms with Crippen molar-refractivity contribution in [2.45, 2.75) is 37.6 Å². The number of benzene rings is 1. The number of nitrogens with zero attached hydrogens (tertiary/aromatic N) is 2. The Kier molecular flexibility index (Phi) is 3.48. The topological polar surface area (TPSA) is 29.3 Å². The third kappa shape index (κ3) is 2.99. The molecule has 110 valence electrons. The summed E-state index contributed by atoms with van der Waals surface area (Å²) in [5, 5.41) is 5.05. The summed E-state index contributed by atoms with van der Waals surface area (Å²) in [7, 11) is 0. The second kappa shape index (κ2) is 5.47. The Morgan fingerprint density at radius 2 is 2.10 bits per heavy atom. The highest BCUT2D eigenvalue weighted by Crippen LogP contribution is 2.40. The third-order valence-electron chi connectivity index (χ3n) is 4.53. The molecule has 1 aliphatic heterocycles. The molecule has 1 atom stereocenters. The van der Waals surface area contributed by atoms with E-state index in [0.29, 0.717) is 11.8 Å². The van der Waals surface area contributed by atoms with Gasteiger partial charge in [0, 0.05) is 30.1 Å². The summed E-state index contributed by atoms with van der Waals surface area (Å²) < 4.78 is 5.43. The fraction of sp³-hybridized carbons (Fsp3) is 0.471.